The van der Waals surface area contributed by atoms with Crippen LogP contribution in [0.5, 0.6) is 0 Å². The minimum atomic E-state index is -3.76. The summed E-state index contributed by atoms with van der Waals surface area (Å²) in [6, 6.07) is 12.9. The van der Waals surface area contributed by atoms with Crippen LogP contribution in [0.2, 0.25) is 5.15 Å². The van der Waals surface area contributed by atoms with E-state index in [0.717, 1.165) is 23.9 Å². The highest BCUT2D eigenvalue weighted by molar-refractivity contribution is 7.90. The lowest BCUT2D eigenvalue weighted by Gasteiger charge is -2.24. The number of sulfone groups is 1. The zero-order chi connectivity index (χ0) is 22.9. The van der Waals surface area contributed by atoms with Gasteiger partial charge in [-0.05, 0) is 42.0 Å². The number of hydrogen-bond acceptors (Lipinski definition) is 6. The number of carbonyl (C=O) groups excluding carboxylic acids is 1. The summed E-state index contributed by atoms with van der Waals surface area (Å²) in [5, 5.41) is 0.906. The van der Waals surface area contributed by atoms with Crippen molar-refractivity contribution in [3.63, 3.8) is 0 Å². The van der Waals surface area contributed by atoms with Crippen LogP contribution < -0.4 is 4.90 Å². The van der Waals surface area contributed by atoms with Gasteiger partial charge in [-0.15, -0.1) is 0 Å². The summed E-state index contributed by atoms with van der Waals surface area (Å²) < 4.78 is 38.4. The number of amides is 1. The number of anilines is 1. The Morgan fingerprint density at radius 3 is 2.66 bits per heavy atom. The summed E-state index contributed by atoms with van der Waals surface area (Å²) in [7, 11) is -3.76. The molecule has 0 N–H and O–H groups in total. The number of fused-ring (bicyclic) bond motifs is 1. The van der Waals surface area contributed by atoms with E-state index >= 15 is 0 Å². The molecule has 10 heteroatoms. The third-order valence-electron chi connectivity index (χ3n) is 4.65. The molecule has 0 atom stereocenters. The lowest BCUT2D eigenvalue weighted by molar-refractivity contribution is 0.0983. The highest BCUT2D eigenvalue weighted by Gasteiger charge is 2.26. The van der Waals surface area contributed by atoms with Crippen LogP contribution >= 0.6 is 11.6 Å². The highest BCUT2D eigenvalue weighted by atomic mass is 35.5. The zero-order valence-electron chi connectivity index (χ0n) is 16.7. The third-order valence-corrected chi connectivity index (χ3v) is 5.88. The molecule has 4 rings (SSSR count). The van der Waals surface area contributed by atoms with Gasteiger partial charge in [0, 0.05) is 24.0 Å². The molecule has 0 saturated heterocycles. The first-order valence-electron chi connectivity index (χ1n) is 9.35. The Hall–Kier alpha value is -3.43. The topological polar surface area (TPSA) is 93.1 Å². The van der Waals surface area contributed by atoms with Gasteiger partial charge in [0.25, 0.3) is 5.91 Å². The molecular formula is C22H16ClFN4O3S. The number of hydrogen-bond donors (Lipinski definition) is 0. The second-order valence-electron chi connectivity index (χ2n) is 7.04. The van der Waals surface area contributed by atoms with E-state index in [2.05, 4.69) is 15.0 Å². The molecule has 7 nitrogen and oxygen atoms in total. The van der Waals surface area contributed by atoms with Crippen LogP contribution in [-0.2, 0) is 16.4 Å². The Morgan fingerprint density at radius 1 is 1.12 bits per heavy atom. The predicted octanol–water partition coefficient (Wildman–Crippen LogP) is 4.07. The molecule has 0 radical (unpaired) electrons. The van der Waals surface area contributed by atoms with Crippen molar-refractivity contribution in [2.24, 2.45) is 0 Å². The van der Waals surface area contributed by atoms with Gasteiger partial charge in [0.15, 0.2) is 14.9 Å². The van der Waals surface area contributed by atoms with Crippen LogP contribution in [0.1, 0.15) is 15.9 Å². The largest absolute Gasteiger partial charge is 0.301 e. The summed E-state index contributed by atoms with van der Waals surface area (Å²) in [6.45, 7) is -0.0201. The minimum absolute atomic E-state index is 0.0201. The van der Waals surface area contributed by atoms with Gasteiger partial charge in [-0.2, -0.15) is 0 Å². The minimum Gasteiger partial charge on any atom is -0.301 e. The number of carbonyl (C=O) groups is 1. The second-order valence-corrected chi connectivity index (χ2v) is 9.36. The summed E-state index contributed by atoms with van der Waals surface area (Å²) in [5.41, 5.74) is 1.32. The first kappa shape index (κ1) is 21.8. The van der Waals surface area contributed by atoms with Crippen LogP contribution in [0.4, 0.5) is 10.1 Å². The van der Waals surface area contributed by atoms with Crippen molar-refractivity contribution in [1.82, 2.24) is 15.0 Å². The van der Waals surface area contributed by atoms with Crippen LogP contribution in [-0.4, -0.2) is 35.5 Å². The summed E-state index contributed by atoms with van der Waals surface area (Å²) in [6.07, 6.45) is 4.53. The van der Waals surface area contributed by atoms with Gasteiger partial charge in [0.2, 0.25) is 0 Å². The molecule has 162 valence electrons. The molecule has 1 amide bonds. The summed E-state index contributed by atoms with van der Waals surface area (Å²) in [4.78, 5) is 26.6. The molecule has 0 bridgehead atoms. The van der Waals surface area contributed by atoms with Crippen molar-refractivity contribution in [3.05, 3.63) is 89.2 Å². The molecule has 0 fully saturated rings. The molecule has 0 spiro atoms. The molecular weight excluding hydrogens is 455 g/mol. The Labute approximate surface area is 188 Å². The first-order valence-corrected chi connectivity index (χ1v) is 11.6. The fourth-order valence-electron chi connectivity index (χ4n) is 3.24. The zero-order valence-corrected chi connectivity index (χ0v) is 18.3. The van der Waals surface area contributed by atoms with Crippen molar-refractivity contribution < 1.29 is 17.6 Å². The van der Waals surface area contributed by atoms with Gasteiger partial charge in [0.05, 0.1) is 29.5 Å². The van der Waals surface area contributed by atoms with Crippen molar-refractivity contribution in [2.45, 2.75) is 11.6 Å². The molecule has 0 saturated carbocycles. The number of rotatable bonds is 5. The molecule has 0 unspecified atom stereocenters. The fraction of sp³-hybridized carbons (Fsp3) is 0.0909. The van der Waals surface area contributed by atoms with E-state index in [4.69, 9.17) is 11.6 Å². The number of pyridine rings is 3. The van der Waals surface area contributed by atoms with E-state index in [0.29, 0.717) is 16.2 Å². The molecule has 0 aliphatic heterocycles. The molecule has 3 heterocycles. The monoisotopic (exact) mass is 470 g/mol. The smallest absolute Gasteiger partial charge is 0.260 e. The molecule has 0 aliphatic carbocycles. The standard InChI is InChI=1S/C22H16ClFN4O3S/c1-32(30,31)21-19(3-2-8-26-21)28(22(29)16-10-17(24)12-25-11-16)13-14-4-5-15-6-7-20(23)27-18(15)9-14/h2-12H,13H2,1H3. The van der Waals surface area contributed by atoms with Gasteiger partial charge in [-0.3, -0.25) is 9.78 Å². The van der Waals surface area contributed by atoms with Crippen LogP contribution in [0.3, 0.4) is 0 Å². The lowest BCUT2D eigenvalue weighted by Crippen LogP contribution is -2.32. The molecule has 0 aliphatic rings. The van der Waals surface area contributed by atoms with Crippen LogP contribution in [0.15, 0.2) is 72.1 Å². The Balaban J connectivity index is 1.84. The SMILES string of the molecule is CS(=O)(=O)c1ncccc1N(Cc1ccc2ccc(Cl)nc2c1)C(=O)c1cncc(F)c1. The number of nitrogens with zero attached hydrogens (tertiary/aromatic N) is 4. The normalized spacial score (nSPS) is 11.5. The Morgan fingerprint density at radius 2 is 1.91 bits per heavy atom. The predicted molar refractivity (Wildman–Crippen MR) is 119 cm³/mol. The average molecular weight is 471 g/mol. The average Bonchev–Trinajstić information content (AvgIpc) is 2.76. The number of benzene rings is 1. The molecule has 32 heavy (non-hydrogen) atoms. The molecule has 4 aromatic rings. The third kappa shape index (κ3) is 4.58. The van der Waals surface area contributed by atoms with Crippen molar-refractivity contribution >= 4 is 43.9 Å². The number of halogens is 2. The molecule has 1 aromatic carbocycles. The van der Waals surface area contributed by atoms with E-state index in [1.165, 1.54) is 29.4 Å². The van der Waals surface area contributed by atoms with Crippen molar-refractivity contribution in [2.75, 3.05) is 11.2 Å². The first-order chi connectivity index (χ1) is 15.2. The van der Waals surface area contributed by atoms with E-state index in [9.17, 15) is 17.6 Å². The number of aromatic nitrogens is 3. The van der Waals surface area contributed by atoms with Gasteiger partial charge in [-0.1, -0.05) is 23.7 Å². The summed E-state index contributed by atoms with van der Waals surface area (Å²) in [5.74, 6) is -1.32. The van der Waals surface area contributed by atoms with Crippen molar-refractivity contribution in [1.29, 1.82) is 0 Å². The Bertz CT molecular complexity index is 1450. The van der Waals surface area contributed by atoms with Gasteiger partial charge < -0.3 is 4.90 Å². The van der Waals surface area contributed by atoms with E-state index in [1.54, 1.807) is 18.2 Å². The van der Waals surface area contributed by atoms with E-state index in [-0.39, 0.29) is 22.8 Å². The maximum absolute atomic E-state index is 13.7. The van der Waals surface area contributed by atoms with Gasteiger partial charge in [0.1, 0.15) is 11.0 Å². The van der Waals surface area contributed by atoms with E-state index in [1.807, 2.05) is 12.1 Å². The molecule has 3 aromatic heterocycles. The van der Waals surface area contributed by atoms with E-state index < -0.39 is 21.6 Å². The highest BCUT2D eigenvalue weighted by Crippen LogP contribution is 2.27. The fourth-order valence-corrected chi connectivity index (χ4v) is 4.21. The van der Waals surface area contributed by atoms with Crippen molar-refractivity contribution in [3.8, 4) is 0 Å². The van der Waals surface area contributed by atoms with Gasteiger partial charge >= 0.3 is 0 Å². The lowest BCUT2D eigenvalue weighted by atomic mass is 10.1. The van der Waals surface area contributed by atoms with Gasteiger partial charge in [-0.25, -0.2) is 22.8 Å². The van der Waals surface area contributed by atoms with Crippen LogP contribution in [0.25, 0.3) is 10.9 Å². The van der Waals surface area contributed by atoms with Crippen LogP contribution in [0, 0.1) is 5.82 Å². The maximum atomic E-state index is 13.7. The quantitative estimate of drug-likeness (QED) is 0.408. The summed E-state index contributed by atoms with van der Waals surface area (Å²) >= 11 is 6.00. The maximum Gasteiger partial charge on any atom is 0.260 e. The second kappa shape index (κ2) is 8.60. The Kier molecular flexibility index (Phi) is 5.86.